The Morgan fingerprint density at radius 3 is 1.36 bits per heavy atom. The number of phosphoric ester groups is 1. The van der Waals surface area contributed by atoms with E-state index in [1.165, 1.54) is 141 Å². The van der Waals surface area contributed by atoms with E-state index in [1.807, 2.05) is 6.08 Å². The molecule has 0 aliphatic carbocycles. The van der Waals surface area contributed by atoms with Gasteiger partial charge in [-0.05, 0) is 51.4 Å². The average molecular weight is 852 g/mol. The Bertz CT molecular complexity index is 1110. The lowest BCUT2D eigenvalue weighted by molar-refractivity contribution is -0.161. The molecule has 0 aromatic carbocycles. The molecule has 0 amide bonds. The number of hydrogen-bond acceptors (Lipinski definition) is 8. The fraction of sp³-hybridized carbons (Fsp3) is 0.796. The van der Waals surface area contributed by atoms with Crippen molar-refractivity contribution in [1.29, 1.82) is 0 Å². The molecule has 0 aliphatic heterocycles. The Morgan fingerprint density at radius 1 is 0.508 bits per heavy atom. The summed E-state index contributed by atoms with van der Waals surface area (Å²) in [6, 6.07) is 0. The maximum Gasteiger partial charge on any atom is 0.472 e. The second kappa shape index (κ2) is 45.5. The molecule has 0 aromatic rings. The first-order valence-corrected chi connectivity index (χ1v) is 25.6. The summed E-state index contributed by atoms with van der Waals surface area (Å²) in [4.78, 5) is 34.9. The van der Waals surface area contributed by atoms with Gasteiger partial charge in [-0.25, -0.2) is 4.57 Å². The van der Waals surface area contributed by atoms with Gasteiger partial charge in [0.1, 0.15) is 6.61 Å². The summed E-state index contributed by atoms with van der Waals surface area (Å²) in [5.41, 5.74) is 5.35. The maximum atomic E-state index is 12.6. The molecule has 1 unspecified atom stereocenters. The van der Waals surface area contributed by atoms with E-state index in [1.54, 1.807) is 0 Å². The van der Waals surface area contributed by atoms with Crippen molar-refractivity contribution >= 4 is 19.8 Å². The molecule has 344 valence electrons. The predicted molar refractivity (Wildman–Crippen MR) is 247 cm³/mol. The van der Waals surface area contributed by atoms with Crippen molar-refractivity contribution < 1.29 is 37.6 Å². The molecule has 0 bridgehead atoms. The largest absolute Gasteiger partial charge is 0.472 e. The van der Waals surface area contributed by atoms with Gasteiger partial charge in [-0.2, -0.15) is 0 Å². The number of phosphoric acid groups is 1. The molecule has 10 heteroatoms. The number of ether oxygens (including phenoxy) is 2. The van der Waals surface area contributed by atoms with Crippen molar-refractivity contribution in [3.05, 3.63) is 48.6 Å². The summed E-state index contributed by atoms with van der Waals surface area (Å²) in [6.45, 7) is 3.67. The third-order valence-electron chi connectivity index (χ3n) is 10.2. The molecule has 0 radical (unpaired) electrons. The van der Waals surface area contributed by atoms with Gasteiger partial charge in [0.05, 0.1) is 13.2 Å². The Balaban J connectivity index is 4.13. The molecule has 0 saturated heterocycles. The summed E-state index contributed by atoms with van der Waals surface area (Å²) in [7, 11) is -4.39. The first-order chi connectivity index (χ1) is 28.8. The van der Waals surface area contributed by atoms with Crippen molar-refractivity contribution in [3.63, 3.8) is 0 Å². The highest BCUT2D eigenvalue weighted by Gasteiger charge is 2.26. The van der Waals surface area contributed by atoms with E-state index in [0.717, 1.165) is 38.5 Å². The zero-order valence-corrected chi connectivity index (χ0v) is 38.9. The monoisotopic (exact) mass is 852 g/mol. The van der Waals surface area contributed by atoms with Gasteiger partial charge in [0, 0.05) is 19.4 Å². The third-order valence-corrected chi connectivity index (χ3v) is 11.2. The van der Waals surface area contributed by atoms with Crippen molar-refractivity contribution in [2.75, 3.05) is 26.4 Å². The topological polar surface area (TPSA) is 134 Å². The molecule has 59 heavy (non-hydrogen) atoms. The number of carbonyl (C=O) groups is 2. The minimum atomic E-state index is -4.39. The van der Waals surface area contributed by atoms with Gasteiger partial charge in [-0.15, -0.1) is 0 Å². The minimum absolute atomic E-state index is 0.0446. The number of carbonyl (C=O) groups excluding carboxylic acids is 2. The van der Waals surface area contributed by atoms with Crippen molar-refractivity contribution in [2.24, 2.45) is 5.73 Å². The smallest absolute Gasteiger partial charge is 0.462 e. The second-order valence-electron chi connectivity index (χ2n) is 16.0. The van der Waals surface area contributed by atoms with Crippen LogP contribution in [0.15, 0.2) is 48.6 Å². The van der Waals surface area contributed by atoms with E-state index in [4.69, 9.17) is 24.3 Å². The first kappa shape index (κ1) is 57.0. The van der Waals surface area contributed by atoms with Crippen molar-refractivity contribution in [3.8, 4) is 0 Å². The Labute approximate surface area is 362 Å². The Hall–Kier alpha value is -2.03. The molecule has 0 spiro atoms. The number of nitrogens with two attached hydrogens (primary N) is 1. The van der Waals surface area contributed by atoms with E-state index in [-0.39, 0.29) is 32.6 Å². The standard InChI is InChI=1S/C49H90NO8P/c1-3-5-7-9-11-13-15-17-19-21-22-23-24-26-27-29-31-33-35-37-39-41-48(51)55-45-47(46-57-59(53,54)56-44-43-50)58-49(52)42-40-38-36-34-32-30-28-25-20-18-16-14-12-10-8-6-4-2/h12,14,18,20,28,30,34,36,47H,3-11,13,15-17,19,21-27,29,31-33,35,37-46,50H2,1-2H3,(H,53,54)/t47-/m1/s1. The lowest BCUT2D eigenvalue weighted by Crippen LogP contribution is -2.29. The normalized spacial score (nSPS) is 13.6. The number of allylic oxidation sites excluding steroid dienone is 8. The minimum Gasteiger partial charge on any atom is -0.462 e. The van der Waals surface area contributed by atoms with Gasteiger partial charge in [0.25, 0.3) is 0 Å². The summed E-state index contributed by atoms with van der Waals surface area (Å²) in [5, 5.41) is 0. The lowest BCUT2D eigenvalue weighted by Gasteiger charge is -2.19. The van der Waals surface area contributed by atoms with Crippen LogP contribution in [0.25, 0.3) is 0 Å². The first-order valence-electron chi connectivity index (χ1n) is 24.1. The van der Waals surface area contributed by atoms with E-state index in [0.29, 0.717) is 12.8 Å². The van der Waals surface area contributed by atoms with Gasteiger partial charge in [0.15, 0.2) is 6.10 Å². The zero-order valence-electron chi connectivity index (χ0n) is 38.0. The predicted octanol–water partition coefficient (Wildman–Crippen LogP) is 14.3. The molecule has 0 saturated carbocycles. The highest BCUT2D eigenvalue weighted by molar-refractivity contribution is 7.47. The van der Waals surface area contributed by atoms with E-state index in [2.05, 4.69) is 56.4 Å². The molecular weight excluding hydrogens is 762 g/mol. The highest BCUT2D eigenvalue weighted by Crippen LogP contribution is 2.43. The third kappa shape index (κ3) is 45.3. The van der Waals surface area contributed by atoms with Crippen LogP contribution in [0.1, 0.15) is 219 Å². The van der Waals surface area contributed by atoms with Crippen LogP contribution in [0.4, 0.5) is 0 Å². The Morgan fingerprint density at radius 2 is 0.898 bits per heavy atom. The number of unbranched alkanes of at least 4 members (excludes halogenated alkanes) is 24. The fourth-order valence-electron chi connectivity index (χ4n) is 6.63. The quantitative estimate of drug-likeness (QED) is 0.0266. The molecular formula is C49H90NO8P. The maximum absolute atomic E-state index is 12.6. The van der Waals surface area contributed by atoms with Crippen LogP contribution in [0.5, 0.6) is 0 Å². The van der Waals surface area contributed by atoms with Gasteiger partial charge in [-0.1, -0.05) is 204 Å². The lowest BCUT2D eigenvalue weighted by atomic mass is 10.0. The van der Waals surface area contributed by atoms with Crippen LogP contribution in [0, 0.1) is 0 Å². The van der Waals surface area contributed by atoms with Crippen LogP contribution in [-0.2, 0) is 32.7 Å². The summed E-state index contributed by atoms with van der Waals surface area (Å²) in [5.74, 6) is -0.888. The fourth-order valence-corrected chi connectivity index (χ4v) is 7.39. The van der Waals surface area contributed by atoms with Crippen LogP contribution in [0.2, 0.25) is 0 Å². The van der Waals surface area contributed by atoms with Crippen LogP contribution >= 0.6 is 7.82 Å². The number of esters is 2. The molecule has 0 heterocycles. The van der Waals surface area contributed by atoms with E-state index in [9.17, 15) is 19.0 Å². The Kier molecular flexibility index (Phi) is 43.9. The van der Waals surface area contributed by atoms with Gasteiger partial charge < -0.3 is 20.1 Å². The van der Waals surface area contributed by atoms with Crippen molar-refractivity contribution in [2.45, 2.75) is 225 Å². The average Bonchev–Trinajstić information content (AvgIpc) is 3.22. The summed E-state index contributed by atoms with van der Waals surface area (Å²) >= 11 is 0. The molecule has 0 aromatic heterocycles. The molecule has 0 fully saturated rings. The molecule has 9 nitrogen and oxygen atoms in total. The highest BCUT2D eigenvalue weighted by atomic mass is 31.2. The number of rotatable bonds is 45. The molecule has 2 atom stereocenters. The van der Waals surface area contributed by atoms with Gasteiger partial charge in [-0.3, -0.25) is 18.6 Å². The van der Waals surface area contributed by atoms with Gasteiger partial charge in [0.2, 0.25) is 0 Å². The number of hydrogen-bond donors (Lipinski definition) is 2. The molecule has 3 N–H and O–H groups in total. The summed E-state index contributed by atoms with van der Waals surface area (Å²) < 4.78 is 32.8. The molecule has 0 rings (SSSR count). The van der Waals surface area contributed by atoms with E-state index >= 15 is 0 Å². The van der Waals surface area contributed by atoms with E-state index < -0.39 is 32.5 Å². The summed E-state index contributed by atoms with van der Waals surface area (Å²) in [6.07, 6.45) is 53.0. The van der Waals surface area contributed by atoms with Crippen LogP contribution in [0.3, 0.4) is 0 Å². The zero-order chi connectivity index (χ0) is 43.2. The molecule has 0 aliphatic rings. The van der Waals surface area contributed by atoms with Crippen molar-refractivity contribution in [1.82, 2.24) is 0 Å². The van der Waals surface area contributed by atoms with Crippen LogP contribution in [-0.4, -0.2) is 49.3 Å². The SMILES string of the molecule is CCCCCC=CCC=CCC=CCC=CCCCC(=O)O[C@H](COC(=O)CCCCCCCCCCCCCCCCCCCCCCC)COP(=O)(O)OCCN. The van der Waals surface area contributed by atoms with Gasteiger partial charge >= 0.3 is 19.8 Å². The second-order valence-corrected chi connectivity index (χ2v) is 17.4. The van der Waals surface area contributed by atoms with Crippen LogP contribution < -0.4 is 5.73 Å².